The summed E-state index contributed by atoms with van der Waals surface area (Å²) in [6.45, 7) is 8.68. The number of ether oxygens (including phenoxy) is 1. The molecular weight excluding hydrogens is 410 g/mol. The van der Waals surface area contributed by atoms with E-state index in [0.29, 0.717) is 0 Å². The Morgan fingerprint density at radius 3 is 2.30 bits per heavy atom. The van der Waals surface area contributed by atoms with Crippen LogP contribution in [-0.4, -0.2) is 68.3 Å². The molecule has 0 aliphatic heterocycles. The molecule has 3 N–H and O–H groups in total. The smallest absolute Gasteiger partial charge is 0.407 e. The maximum absolute atomic E-state index is 12.5. The molecular formula is C20H33N3O6S. The first kappa shape index (κ1) is 25.9. The minimum absolute atomic E-state index is 0.0213. The zero-order valence-electron chi connectivity index (χ0n) is 18.4. The molecule has 0 heterocycles. The number of carbonyl (C=O) groups excluding carboxylic acids is 2. The molecule has 0 bridgehead atoms. The SMILES string of the molecule is Cc1ccc(S(=O)(=O)NC(C)C(=O)N(C)CCC(O)CNC(=O)OC(C)(C)C)cc1. The number of aliphatic hydroxyl groups excluding tert-OH is 1. The summed E-state index contributed by atoms with van der Waals surface area (Å²) in [6.07, 6.45) is -1.31. The van der Waals surface area contributed by atoms with Gasteiger partial charge in [-0.2, -0.15) is 4.72 Å². The van der Waals surface area contributed by atoms with Crippen LogP contribution in [0.1, 0.15) is 39.7 Å². The number of rotatable bonds is 9. The fourth-order valence-electron chi connectivity index (χ4n) is 2.47. The van der Waals surface area contributed by atoms with Crippen LogP contribution >= 0.6 is 0 Å². The van der Waals surface area contributed by atoms with Gasteiger partial charge in [0.1, 0.15) is 5.60 Å². The van der Waals surface area contributed by atoms with Gasteiger partial charge in [-0.3, -0.25) is 4.79 Å². The van der Waals surface area contributed by atoms with E-state index in [1.165, 1.54) is 31.0 Å². The summed E-state index contributed by atoms with van der Waals surface area (Å²) >= 11 is 0. The number of hydrogen-bond acceptors (Lipinski definition) is 6. The van der Waals surface area contributed by atoms with Gasteiger partial charge in [-0.1, -0.05) is 17.7 Å². The number of benzene rings is 1. The van der Waals surface area contributed by atoms with Crippen LogP contribution in [0.15, 0.2) is 29.2 Å². The highest BCUT2D eigenvalue weighted by molar-refractivity contribution is 7.89. The predicted molar refractivity (Wildman–Crippen MR) is 113 cm³/mol. The van der Waals surface area contributed by atoms with Crippen molar-refractivity contribution in [2.24, 2.45) is 0 Å². The maximum atomic E-state index is 12.5. The largest absolute Gasteiger partial charge is 0.444 e. The lowest BCUT2D eigenvalue weighted by molar-refractivity contribution is -0.131. The number of carbonyl (C=O) groups is 2. The van der Waals surface area contributed by atoms with Crippen molar-refractivity contribution in [3.63, 3.8) is 0 Å². The van der Waals surface area contributed by atoms with Crippen molar-refractivity contribution in [1.82, 2.24) is 14.9 Å². The van der Waals surface area contributed by atoms with Crippen LogP contribution in [0.3, 0.4) is 0 Å². The van der Waals surface area contributed by atoms with Gasteiger partial charge in [-0.15, -0.1) is 0 Å². The van der Waals surface area contributed by atoms with Crippen molar-refractivity contribution in [1.29, 1.82) is 0 Å². The normalized spacial score (nSPS) is 14.0. The minimum atomic E-state index is -3.83. The monoisotopic (exact) mass is 443 g/mol. The second kappa shape index (κ2) is 10.7. The Bertz CT molecular complexity index is 818. The first-order chi connectivity index (χ1) is 13.7. The third-order valence-electron chi connectivity index (χ3n) is 4.09. The lowest BCUT2D eigenvalue weighted by Crippen LogP contribution is -2.46. The van der Waals surface area contributed by atoms with E-state index >= 15 is 0 Å². The molecule has 0 radical (unpaired) electrons. The van der Waals surface area contributed by atoms with E-state index in [9.17, 15) is 23.1 Å². The summed E-state index contributed by atoms with van der Waals surface area (Å²) in [5, 5.41) is 12.5. The summed E-state index contributed by atoms with van der Waals surface area (Å²) in [7, 11) is -2.31. The number of nitrogens with zero attached hydrogens (tertiary/aromatic N) is 1. The first-order valence-electron chi connectivity index (χ1n) is 9.70. The van der Waals surface area contributed by atoms with Crippen molar-refractivity contribution in [3.05, 3.63) is 29.8 Å². The summed E-state index contributed by atoms with van der Waals surface area (Å²) in [5.74, 6) is -0.432. The average molecular weight is 444 g/mol. The highest BCUT2D eigenvalue weighted by Crippen LogP contribution is 2.11. The van der Waals surface area contributed by atoms with Crippen molar-refractivity contribution in [3.8, 4) is 0 Å². The Hall–Kier alpha value is -2.17. The Labute approximate surface area is 178 Å². The van der Waals surface area contributed by atoms with E-state index < -0.39 is 39.8 Å². The zero-order valence-corrected chi connectivity index (χ0v) is 19.2. The summed E-state index contributed by atoms with van der Waals surface area (Å²) in [6, 6.07) is 5.34. The van der Waals surface area contributed by atoms with Crippen molar-refractivity contribution in [2.45, 2.75) is 63.7 Å². The van der Waals surface area contributed by atoms with Gasteiger partial charge in [0.25, 0.3) is 0 Å². The van der Waals surface area contributed by atoms with Crippen LogP contribution in [0.2, 0.25) is 0 Å². The molecule has 0 saturated carbocycles. The number of nitrogens with one attached hydrogen (secondary N) is 2. The Balaban J connectivity index is 2.49. The fourth-order valence-corrected chi connectivity index (χ4v) is 3.67. The molecule has 0 aliphatic carbocycles. The Morgan fingerprint density at radius 2 is 1.77 bits per heavy atom. The molecule has 1 aromatic rings. The molecule has 2 unspecified atom stereocenters. The van der Waals surface area contributed by atoms with E-state index in [-0.39, 0.29) is 24.4 Å². The third kappa shape index (κ3) is 9.10. The third-order valence-corrected chi connectivity index (χ3v) is 5.65. The standard InChI is InChI=1S/C20H33N3O6S/c1-14-7-9-17(10-8-14)30(27,28)22-15(2)18(25)23(6)12-11-16(24)13-21-19(26)29-20(3,4)5/h7-10,15-16,22,24H,11-13H2,1-6H3,(H,21,26). The number of hydrogen-bond donors (Lipinski definition) is 3. The Kier molecular flexibility index (Phi) is 9.26. The van der Waals surface area contributed by atoms with Gasteiger partial charge in [0.2, 0.25) is 15.9 Å². The second-order valence-corrected chi connectivity index (χ2v) is 9.96. The lowest BCUT2D eigenvalue weighted by Gasteiger charge is -2.24. The van der Waals surface area contributed by atoms with Crippen LogP contribution < -0.4 is 10.0 Å². The molecule has 2 amide bonds. The lowest BCUT2D eigenvalue weighted by atomic mass is 10.2. The molecule has 0 aromatic heterocycles. The quantitative estimate of drug-likeness (QED) is 0.530. The first-order valence-corrected chi connectivity index (χ1v) is 11.2. The number of likely N-dealkylation sites (N-methyl/N-ethyl adjacent to an activating group) is 1. The molecule has 1 rings (SSSR count). The molecule has 9 nitrogen and oxygen atoms in total. The molecule has 0 saturated heterocycles. The molecule has 0 aliphatic rings. The summed E-state index contributed by atoms with van der Waals surface area (Å²) in [4.78, 5) is 25.5. The number of alkyl carbamates (subject to hydrolysis) is 1. The van der Waals surface area contributed by atoms with E-state index in [1.807, 2.05) is 6.92 Å². The number of aryl methyl sites for hydroxylation is 1. The van der Waals surface area contributed by atoms with E-state index in [2.05, 4.69) is 10.0 Å². The van der Waals surface area contributed by atoms with E-state index in [4.69, 9.17) is 4.74 Å². The van der Waals surface area contributed by atoms with Gasteiger partial charge >= 0.3 is 6.09 Å². The van der Waals surface area contributed by atoms with Crippen LogP contribution in [0.25, 0.3) is 0 Å². The predicted octanol–water partition coefficient (Wildman–Crippen LogP) is 1.40. The second-order valence-electron chi connectivity index (χ2n) is 8.24. The van der Waals surface area contributed by atoms with Gasteiger partial charge in [-0.25, -0.2) is 13.2 Å². The summed E-state index contributed by atoms with van der Waals surface area (Å²) < 4.78 is 32.3. The van der Waals surface area contributed by atoms with Gasteiger partial charge < -0.3 is 20.1 Å². The maximum Gasteiger partial charge on any atom is 0.407 e. The van der Waals surface area contributed by atoms with Gasteiger partial charge in [0, 0.05) is 20.1 Å². The van der Waals surface area contributed by atoms with Crippen LogP contribution in [0.4, 0.5) is 4.79 Å². The topological polar surface area (TPSA) is 125 Å². The van der Waals surface area contributed by atoms with E-state index in [1.54, 1.807) is 32.9 Å². The molecule has 0 spiro atoms. The number of aliphatic hydroxyl groups is 1. The minimum Gasteiger partial charge on any atom is -0.444 e. The van der Waals surface area contributed by atoms with Crippen molar-refractivity contribution in [2.75, 3.05) is 20.1 Å². The van der Waals surface area contributed by atoms with Crippen LogP contribution in [-0.2, 0) is 19.6 Å². The molecule has 10 heteroatoms. The molecule has 2 atom stereocenters. The van der Waals surface area contributed by atoms with Crippen LogP contribution in [0.5, 0.6) is 0 Å². The van der Waals surface area contributed by atoms with Crippen molar-refractivity contribution < 1.29 is 27.9 Å². The molecule has 30 heavy (non-hydrogen) atoms. The van der Waals surface area contributed by atoms with Gasteiger partial charge in [0.15, 0.2) is 0 Å². The van der Waals surface area contributed by atoms with E-state index in [0.717, 1.165) is 5.56 Å². The summed E-state index contributed by atoms with van der Waals surface area (Å²) in [5.41, 5.74) is 0.293. The molecule has 1 aromatic carbocycles. The van der Waals surface area contributed by atoms with Gasteiger partial charge in [0.05, 0.1) is 17.0 Å². The molecule has 0 fully saturated rings. The number of amides is 2. The molecule has 170 valence electrons. The average Bonchev–Trinajstić information content (AvgIpc) is 2.62. The van der Waals surface area contributed by atoms with Crippen LogP contribution in [0, 0.1) is 6.92 Å². The highest BCUT2D eigenvalue weighted by atomic mass is 32.2. The fraction of sp³-hybridized carbons (Fsp3) is 0.600. The number of sulfonamides is 1. The van der Waals surface area contributed by atoms with Gasteiger partial charge in [-0.05, 0) is 53.2 Å². The zero-order chi connectivity index (χ0) is 23.1. The van der Waals surface area contributed by atoms with Crippen molar-refractivity contribution >= 4 is 22.0 Å². The highest BCUT2D eigenvalue weighted by Gasteiger charge is 2.24. The Morgan fingerprint density at radius 1 is 1.20 bits per heavy atom.